The first-order valence-corrected chi connectivity index (χ1v) is 13.2. The van der Waals surface area contributed by atoms with Crippen molar-refractivity contribution in [2.45, 2.75) is 65.7 Å². The zero-order valence-corrected chi connectivity index (χ0v) is 25.4. The van der Waals surface area contributed by atoms with Crippen LogP contribution in [0.15, 0.2) is 66.3 Å². The average molecular weight is 699 g/mol. The summed E-state index contributed by atoms with van der Waals surface area (Å²) >= 11 is 0. The molecule has 0 saturated carbocycles. The van der Waals surface area contributed by atoms with Crippen LogP contribution in [-0.4, -0.2) is 15.9 Å². The van der Waals surface area contributed by atoms with Gasteiger partial charge < -0.3 is 10.1 Å². The minimum atomic E-state index is -1.06. The molecule has 0 bridgehead atoms. The van der Waals surface area contributed by atoms with Crippen molar-refractivity contribution < 1.29 is 34.4 Å². The van der Waals surface area contributed by atoms with Crippen LogP contribution in [0.1, 0.15) is 62.4 Å². The van der Waals surface area contributed by atoms with E-state index in [2.05, 4.69) is 81.6 Å². The van der Waals surface area contributed by atoms with Crippen molar-refractivity contribution in [1.82, 2.24) is 4.98 Å². The summed E-state index contributed by atoms with van der Waals surface area (Å²) in [5.41, 5.74) is 12.5. The van der Waals surface area contributed by atoms with Gasteiger partial charge in [0.1, 0.15) is 5.76 Å². The summed E-state index contributed by atoms with van der Waals surface area (Å²) in [6.45, 7) is 8.96. The van der Waals surface area contributed by atoms with Gasteiger partial charge >= 0.3 is 0 Å². The van der Waals surface area contributed by atoms with Crippen molar-refractivity contribution in [3.05, 3.63) is 100 Å². The fourth-order valence-corrected chi connectivity index (χ4v) is 5.70. The Labute approximate surface area is 243 Å². The number of aliphatic hydroxyl groups excluding tert-OH is 1. The van der Waals surface area contributed by atoms with Crippen LogP contribution in [0.25, 0.3) is 33.2 Å². The van der Waals surface area contributed by atoms with Gasteiger partial charge in [-0.05, 0) is 71.2 Å². The van der Waals surface area contributed by atoms with Crippen molar-refractivity contribution in [2.75, 3.05) is 0 Å². The van der Waals surface area contributed by atoms with Gasteiger partial charge in [0.25, 0.3) is 0 Å². The molecule has 0 atom stereocenters. The molecule has 3 nitrogen and oxygen atoms in total. The van der Waals surface area contributed by atoms with Gasteiger partial charge in [0.15, 0.2) is 5.78 Å². The Kier molecular flexibility index (Phi) is 8.25. The third kappa shape index (κ3) is 5.48. The molecule has 1 aromatic heterocycles. The Morgan fingerprint density at radius 2 is 1.51 bits per heavy atom. The number of carbonyl (C=O) groups is 1. The van der Waals surface area contributed by atoms with Crippen LogP contribution in [0.3, 0.4) is 0 Å². The summed E-state index contributed by atoms with van der Waals surface area (Å²) in [5, 5.41) is 10.8. The van der Waals surface area contributed by atoms with E-state index in [0.29, 0.717) is 0 Å². The van der Waals surface area contributed by atoms with E-state index in [1.807, 2.05) is 0 Å². The topological polar surface area (TPSA) is 50.2 Å². The van der Waals surface area contributed by atoms with Crippen LogP contribution in [-0.2, 0) is 56.0 Å². The van der Waals surface area contributed by atoms with Crippen molar-refractivity contribution >= 4 is 16.6 Å². The predicted molar refractivity (Wildman–Crippen MR) is 152 cm³/mol. The molecule has 6 rings (SSSR count). The molecule has 0 aliphatic heterocycles. The molecule has 4 aromatic rings. The van der Waals surface area contributed by atoms with E-state index in [-0.39, 0.29) is 25.5 Å². The number of aromatic nitrogens is 1. The summed E-state index contributed by atoms with van der Waals surface area (Å²) in [4.78, 5) is 15.0. The number of rotatable bonds is 2. The van der Waals surface area contributed by atoms with Crippen LogP contribution in [0, 0.1) is 6.07 Å². The normalized spacial score (nSPS) is 13.9. The molecule has 0 spiro atoms. The van der Waals surface area contributed by atoms with Gasteiger partial charge in [-0.3, -0.25) is 4.79 Å². The SMILES string of the molecule is CC(=O)/C(F)=C(/C)O.CC(C)(C)c1cnc(-c2[c-]c3c4c(c2)CCc2cccc(c2-4)CC3)c2ccccc12.[Ir]. The first-order valence-electron chi connectivity index (χ1n) is 13.2. The molecule has 0 saturated heterocycles. The van der Waals surface area contributed by atoms with Crippen LogP contribution in [0.4, 0.5) is 4.39 Å². The predicted octanol–water partition coefficient (Wildman–Crippen LogP) is 8.20. The van der Waals surface area contributed by atoms with E-state index in [1.54, 1.807) is 0 Å². The maximum Gasteiger partial charge on any atom is 0.202 e. The molecule has 2 aliphatic carbocycles. The number of allylic oxidation sites excluding steroid dienone is 2. The molecule has 1 N–H and O–H groups in total. The number of pyridine rings is 1. The smallest absolute Gasteiger partial charge is 0.202 e. The van der Waals surface area contributed by atoms with E-state index in [9.17, 15) is 9.18 Å². The van der Waals surface area contributed by atoms with Gasteiger partial charge in [-0.25, -0.2) is 0 Å². The van der Waals surface area contributed by atoms with E-state index in [1.165, 1.54) is 49.7 Å². The Morgan fingerprint density at radius 3 is 2.10 bits per heavy atom. The van der Waals surface area contributed by atoms with Gasteiger partial charge in [-0.15, -0.1) is 28.8 Å². The second-order valence-corrected chi connectivity index (χ2v) is 11.3. The first-order chi connectivity index (χ1) is 18.1. The number of hydrogen-bond donors (Lipinski definition) is 1. The molecule has 0 amide bonds. The van der Waals surface area contributed by atoms with Crippen molar-refractivity contribution in [1.29, 1.82) is 0 Å². The molecule has 2 aliphatic rings. The molecule has 1 radical (unpaired) electrons. The molecular formula is C34H33FIrNO2-. The molecule has 3 aromatic carbocycles. The maximum absolute atomic E-state index is 11.9. The third-order valence-corrected chi connectivity index (χ3v) is 7.51. The molecule has 39 heavy (non-hydrogen) atoms. The number of hydrogen-bond acceptors (Lipinski definition) is 3. The zero-order chi connectivity index (χ0) is 27.2. The average Bonchev–Trinajstić information content (AvgIpc) is 2.90. The number of Topliss-reactive ketones (excluding diaryl/α,β-unsaturated/α-hetero) is 1. The number of aliphatic hydroxyl groups is 1. The minimum Gasteiger partial charge on any atom is -0.509 e. The monoisotopic (exact) mass is 699 g/mol. The number of nitrogens with zero attached hydrogens (tertiary/aromatic N) is 1. The number of halogens is 1. The van der Waals surface area contributed by atoms with Gasteiger partial charge in [0, 0.05) is 33.2 Å². The second kappa shape index (κ2) is 11.2. The Hall–Kier alpha value is -3.14. The Balaban J connectivity index is 0.000000346. The zero-order valence-electron chi connectivity index (χ0n) is 23.0. The van der Waals surface area contributed by atoms with Crippen LogP contribution in [0.2, 0.25) is 0 Å². The first kappa shape index (κ1) is 28.9. The summed E-state index contributed by atoms with van der Waals surface area (Å²) in [6.07, 6.45) is 6.52. The van der Waals surface area contributed by atoms with Gasteiger partial charge in [-0.1, -0.05) is 74.4 Å². The van der Waals surface area contributed by atoms with E-state index in [0.717, 1.165) is 50.8 Å². The Morgan fingerprint density at radius 1 is 0.897 bits per heavy atom. The summed E-state index contributed by atoms with van der Waals surface area (Å²) in [6, 6.07) is 21.8. The third-order valence-electron chi connectivity index (χ3n) is 7.51. The number of benzene rings is 3. The number of aryl methyl sites for hydroxylation is 4. The molecule has 0 fully saturated rings. The van der Waals surface area contributed by atoms with Gasteiger partial charge in [0.05, 0.1) is 0 Å². The van der Waals surface area contributed by atoms with Crippen molar-refractivity contribution in [2.24, 2.45) is 0 Å². The van der Waals surface area contributed by atoms with Crippen molar-refractivity contribution in [3.63, 3.8) is 0 Å². The number of carbonyl (C=O) groups excluding carboxylic acids is 1. The van der Waals surface area contributed by atoms with Gasteiger partial charge in [-0.2, -0.15) is 4.39 Å². The second-order valence-electron chi connectivity index (χ2n) is 11.3. The van der Waals surface area contributed by atoms with E-state index in [4.69, 9.17) is 10.1 Å². The standard InChI is InChI=1S/C29H26N.C5H7FO2.Ir/c1-29(2,3)25-17-30-28(24-10-5-4-9-23(24)25)22-15-20-13-11-18-7-6-8-19-12-14-21(16-22)27(20)26(18)19;1-3(7)5(6)4(2)8;/h4-10,15,17H,11-14H2,1-3H3;7H,1-2H3;/q-1;;/b;5-3+;. The number of ketones is 1. The molecule has 1 heterocycles. The molecule has 5 heteroatoms. The maximum atomic E-state index is 11.9. The Bertz CT molecular complexity index is 1560. The van der Waals surface area contributed by atoms with Crippen LogP contribution >= 0.6 is 0 Å². The van der Waals surface area contributed by atoms with Crippen molar-refractivity contribution in [3.8, 4) is 22.4 Å². The fraction of sp³-hybridized carbons (Fsp3) is 0.294. The molecule has 0 unspecified atom stereocenters. The summed E-state index contributed by atoms with van der Waals surface area (Å²) in [5.74, 6) is -2.37. The molecular weight excluding hydrogens is 666 g/mol. The number of fused-ring (bicyclic) bond motifs is 1. The fourth-order valence-electron chi connectivity index (χ4n) is 5.70. The summed E-state index contributed by atoms with van der Waals surface area (Å²) < 4.78 is 11.9. The molecule has 203 valence electrons. The van der Waals surface area contributed by atoms with Gasteiger partial charge in [0.2, 0.25) is 5.83 Å². The van der Waals surface area contributed by atoms with Crippen LogP contribution in [0.5, 0.6) is 0 Å². The largest absolute Gasteiger partial charge is 0.509 e. The summed E-state index contributed by atoms with van der Waals surface area (Å²) in [7, 11) is 0. The minimum absolute atomic E-state index is 0. The van der Waals surface area contributed by atoms with Crippen LogP contribution < -0.4 is 0 Å². The quantitative estimate of drug-likeness (QED) is 0.131. The van der Waals surface area contributed by atoms with E-state index >= 15 is 0 Å². The van der Waals surface area contributed by atoms with E-state index < -0.39 is 17.4 Å².